The standard InChI is InChI=1S/C13H13BrO2S/c14-11-4-8-1-2-16-13(8)9(5-11)3-10-6-17-7-12(10)15/h4-5,10H,1-3,6-7H2. The lowest BCUT2D eigenvalue weighted by molar-refractivity contribution is -0.119. The maximum atomic E-state index is 11.7. The Labute approximate surface area is 113 Å². The molecule has 0 radical (unpaired) electrons. The summed E-state index contributed by atoms with van der Waals surface area (Å²) in [5, 5.41) is 0. The normalized spacial score (nSPS) is 22.6. The van der Waals surface area contributed by atoms with Crippen LogP contribution >= 0.6 is 27.7 Å². The minimum absolute atomic E-state index is 0.183. The van der Waals surface area contributed by atoms with Crippen LogP contribution in [0.2, 0.25) is 0 Å². The lowest BCUT2D eigenvalue weighted by Crippen LogP contribution is -2.14. The van der Waals surface area contributed by atoms with Gasteiger partial charge in [-0.25, -0.2) is 0 Å². The molecule has 3 rings (SSSR count). The summed E-state index contributed by atoms with van der Waals surface area (Å²) in [4.78, 5) is 11.7. The SMILES string of the molecule is O=C1CSCC1Cc1cc(Br)cc2c1OCC2. The van der Waals surface area contributed by atoms with Crippen molar-refractivity contribution in [1.82, 2.24) is 0 Å². The summed E-state index contributed by atoms with van der Waals surface area (Å²) in [5.41, 5.74) is 2.46. The third-order valence-electron chi connectivity index (χ3n) is 3.31. The van der Waals surface area contributed by atoms with Crippen molar-refractivity contribution in [3.63, 3.8) is 0 Å². The highest BCUT2D eigenvalue weighted by molar-refractivity contribution is 9.10. The van der Waals surface area contributed by atoms with Gasteiger partial charge in [0, 0.05) is 22.6 Å². The van der Waals surface area contributed by atoms with Crippen LogP contribution < -0.4 is 4.74 Å². The molecule has 4 heteroatoms. The summed E-state index contributed by atoms with van der Waals surface area (Å²) >= 11 is 5.28. The molecule has 17 heavy (non-hydrogen) atoms. The van der Waals surface area contributed by atoms with E-state index < -0.39 is 0 Å². The Morgan fingerprint density at radius 3 is 3.12 bits per heavy atom. The topological polar surface area (TPSA) is 26.3 Å². The molecule has 90 valence electrons. The summed E-state index contributed by atoms with van der Waals surface area (Å²) in [5.74, 6) is 3.24. The molecular weight excluding hydrogens is 300 g/mol. The number of ether oxygens (including phenoxy) is 1. The number of hydrogen-bond acceptors (Lipinski definition) is 3. The summed E-state index contributed by atoms with van der Waals surface area (Å²) in [6, 6.07) is 4.22. The second kappa shape index (κ2) is 4.65. The van der Waals surface area contributed by atoms with Crippen LogP contribution in [0.15, 0.2) is 16.6 Å². The monoisotopic (exact) mass is 312 g/mol. The van der Waals surface area contributed by atoms with Gasteiger partial charge in [0.05, 0.1) is 12.4 Å². The number of carbonyl (C=O) groups is 1. The quantitative estimate of drug-likeness (QED) is 0.840. The highest BCUT2D eigenvalue weighted by atomic mass is 79.9. The molecule has 2 nitrogen and oxygen atoms in total. The van der Waals surface area contributed by atoms with E-state index in [1.165, 1.54) is 11.1 Å². The zero-order valence-corrected chi connectivity index (χ0v) is 11.8. The van der Waals surface area contributed by atoms with Crippen molar-refractivity contribution >= 4 is 33.5 Å². The Kier molecular flexibility index (Phi) is 3.17. The molecule has 0 bridgehead atoms. The van der Waals surface area contributed by atoms with Crippen LogP contribution in [0, 0.1) is 5.92 Å². The molecule has 1 saturated heterocycles. The van der Waals surface area contributed by atoms with E-state index in [1.54, 1.807) is 11.8 Å². The van der Waals surface area contributed by atoms with E-state index in [0.29, 0.717) is 11.5 Å². The minimum Gasteiger partial charge on any atom is -0.493 e. The minimum atomic E-state index is 0.183. The number of benzene rings is 1. The van der Waals surface area contributed by atoms with Gasteiger partial charge in [0.15, 0.2) is 0 Å². The van der Waals surface area contributed by atoms with Gasteiger partial charge in [-0.05, 0) is 29.7 Å². The van der Waals surface area contributed by atoms with Crippen LogP contribution in [-0.4, -0.2) is 23.9 Å². The van der Waals surface area contributed by atoms with E-state index in [-0.39, 0.29) is 5.92 Å². The van der Waals surface area contributed by atoms with Crippen LogP contribution in [0.25, 0.3) is 0 Å². The molecular formula is C13H13BrO2S. The number of thioether (sulfide) groups is 1. The zero-order chi connectivity index (χ0) is 11.8. The number of hydrogen-bond donors (Lipinski definition) is 0. The molecule has 1 unspecified atom stereocenters. The smallest absolute Gasteiger partial charge is 0.146 e. The van der Waals surface area contributed by atoms with Gasteiger partial charge in [-0.15, -0.1) is 0 Å². The first-order valence-corrected chi connectivity index (χ1v) is 7.73. The molecule has 1 aromatic carbocycles. The number of fused-ring (bicyclic) bond motifs is 1. The highest BCUT2D eigenvalue weighted by Gasteiger charge is 2.27. The number of ketones is 1. The van der Waals surface area contributed by atoms with Gasteiger partial charge in [-0.1, -0.05) is 15.9 Å². The third-order valence-corrected chi connectivity index (χ3v) is 4.89. The van der Waals surface area contributed by atoms with Gasteiger partial charge in [0.1, 0.15) is 11.5 Å². The Morgan fingerprint density at radius 1 is 1.47 bits per heavy atom. The Balaban J connectivity index is 1.90. The van der Waals surface area contributed by atoms with Crippen molar-refractivity contribution in [2.45, 2.75) is 12.8 Å². The van der Waals surface area contributed by atoms with Gasteiger partial charge in [0.25, 0.3) is 0 Å². The van der Waals surface area contributed by atoms with Crippen molar-refractivity contribution in [2.24, 2.45) is 5.92 Å². The first-order chi connectivity index (χ1) is 8.24. The fourth-order valence-corrected chi connectivity index (χ4v) is 4.14. The summed E-state index contributed by atoms with van der Waals surface area (Å²) < 4.78 is 6.78. The number of halogens is 1. The van der Waals surface area contributed by atoms with Crippen molar-refractivity contribution in [2.75, 3.05) is 18.1 Å². The Bertz CT molecular complexity index is 473. The molecule has 1 atom stereocenters. The first-order valence-electron chi connectivity index (χ1n) is 5.78. The fraction of sp³-hybridized carbons (Fsp3) is 0.462. The van der Waals surface area contributed by atoms with Gasteiger partial charge < -0.3 is 4.74 Å². The van der Waals surface area contributed by atoms with E-state index in [1.807, 2.05) is 0 Å². The molecule has 0 aromatic heterocycles. The Hall–Kier alpha value is -0.480. The van der Waals surface area contributed by atoms with E-state index >= 15 is 0 Å². The largest absolute Gasteiger partial charge is 0.493 e. The van der Waals surface area contributed by atoms with Gasteiger partial charge >= 0.3 is 0 Å². The summed E-state index contributed by atoms with van der Waals surface area (Å²) in [6.07, 6.45) is 1.81. The lowest BCUT2D eigenvalue weighted by Gasteiger charge is -2.12. The Morgan fingerprint density at radius 2 is 2.35 bits per heavy atom. The first kappa shape index (κ1) is 11.6. The molecule has 0 N–H and O–H groups in total. The molecule has 1 aromatic rings. The molecule has 2 heterocycles. The van der Waals surface area contributed by atoms with Crippen LogP contribution in [-0.2, 0) is 17.6 Å². The second-order valence-electron chi connectivity index (χ2n) is 4.53. The highest BCUT2D eigenvalue weighted by Crippen LogP contribution is 2.35. The van der Waals surface area contributed by atoms with Crippen molar-refractivity contribution in [3.05, 3.63) is 27.7 Å². The van der Waals surface area contributed by atoms with Gasteiger partial charge in [-0.2, -0.15) is 11.8 Å². The summed E-state index contributed by atoms with van der Waals surface area (Å²) in [6.45, 7) is 0.770. The van der Waals surface area contributed by atoms with E-state index in [2.05, 4.69) is 28.1 Å². The lowest BCUT2D eigenvalue weighted by atomic mass is 9.96. The van der Waals surface area contributed by atoms with E-state index in [4.69, 9.17) is 4.74 Å². The molecule has 2 aliphatic heterocycles. The maximum absolute atomic E-state index is 11.7. The average Bonchev–Trinajstić information content (AvgIpc) is 2.88. The van der Waals surface area contributed by atoms with Crippen molar-refractivity contribution in [3.8, 4) is 5.75 Å². The molecule has 0 saturated carbocycles. The number of Topliss-reactive ketones (excluding diaryl/α,β-unsaturated/α-hetero) is 1. The second-order valence-corrected chi connectivity index (χ2v) is 6.48. The van der Waals surface area contributed by atoms with Gasteiger partial charge in [0.2, 0.25) is 0 Å². The van der Waals surface area contributed by atoms with Crippen LogP contribution in [0.4, 0.5) is 0 Å². The van der Waals surface area contributed by atoms with Crippen LogP contribution in [0.1, 0.15) is 11.1 Å². The average molecular weight is 313 g/mol. The molecule has 0 spiro atoms. The maximum Gasteiger partial charge on any atom is 0.146 e. The van der Waals surface area contributed by atoms with Crippen molar-refractivity contribution in [1.29, 1.82) is 0 Å². The summed E-state index contributed by atoms with van der Waals surface area (Å²) in [7, 11) is 0. The number of carbonyl (C=O) groups excluding carboxylic acids is 1. The molecule has 0 aliphatic carbocycles. The number of rotatable bonds is 2. The van der Waals surface area contributed by atoms with E-state index in [9.17, 15) is 4.79 Å². The van der Waals surface area contributed by atoms with Crippen molar-refractivity contribution < 1.29 is 9.53 Å². The fourth-order valence-electron chi connectivity index (χ4n) is 2.45. The van der Waals surface area contributed by atoms with Crippen LogP contribution in [0.5, 0.6) is 5.75 Å². The van der Waals surface area contributed by atoms with E-state index in [0.717, 1.165) is 35.4 Å². The van der Waals surface area contributed by atoms with Gasteiger partial charge in [-0.3, -0.25) is 4.79 Å². The third kappa shape index (κ3) is 2.25. The van der Waals surface area contributed by atoms with Crippen LogP contribution in [0.3, 0.4) is 0 Å². The predicted molar refractivity (Wildman–Crippen MR) is 72.9 cm³/mol. The molecule has 1 fully saturated rings. The molecule has 0 amide bonds. The zero-order valence-electron chi connectivity index (χ0n) is 9.37. The molecule has 2 aliphatic rings. The predicted octanol–water partition coefficient (Wildman–Crippen LogP) is 2.86.